The van der Waals surface area contributed by atoms with Crippen molar-refractivity contribution in [2.75, 3.05) is 14.1 Å². The van der Waals surface area contributed by atoms with Crippen LogP contribution in [-0.4, -0.2) is 41.0 Å². The molecular formula is C13H17BrN2O5. The van der Waals surface area contributed by atoms with E-state index in [0.29, 0.717) is 4.47 Å². The molecule has 1 unspecified atom stereocenters. The molecule has 1 rings (SSSR count). The van der Waals surface area contributed by atoms with Crippen LogP contribution in [0.5, 0.6) is 5.75 Å². The molecule has 1 aromatic rings. The van der Waals surface area contributed by atoms with Crippen LogP contribution in [0.4, 0.5) is 5.69 Å². The molecule has 1 N–H and O–H groups in total. The molecule has 8 heteroatoms. The molecule has 2 atom stereocenters. The zero-order valence-electron chi connectivity index (χ0n) is 12.2. The lowest BCUT2D eigenvalue weighted by Crippen LogP contribution is -2.35. The first-order valence-electron chi connectivity index (χ1n) is 6.18. The van der Waals surface area contributed by atoms with Crippen LogP contribution in [0.15, 0.2) is 16.6 Å². The number of aliphatic hydroxyl groups excluding tert-OH is 1. The Morgan fingerprint density at radius 3 is 2.43 bits per heavy atom. The molecular weight excluding hydrogens is 344 g/mol. The third-order valence-corrected chi connectivity index (χ3v) is 3.25. The Kier molecular flexibility index (Phi) is 5.68. The van der Waals surface area contributed by atoms with E-state index < -0.39 is 17.1 Å². The maximum Gasteiger partial charge on any atom is 0.312 e. The van der Waals surface area contributed by atoms with Crippen molar-refractivity contribution in [3.8, 4) is 5.75 Å². The second-order valence-electron chi connectivity index (χ2n) is 4.77. The van der Waals surface area contributed by atoms with Crippen LogP contribution in [0.25, 0.3) is 0 Å². The molecule has 1 aromatic carbocycles. The molecule has 0 saturated carbocycles. The van der Waals surface area contributed by atoms with E-state index in [1.807, 2.05) is 0 Å². The molecule has 0 aliphatic rings. The summed E-state index contributed by atoms with van der Waals surface area (Å²) in [5.41, 5.74) is -0.0619. The van der Waals surface area contributed by atoms with Gasteiger partial charge in [-0.3, -0.25) is 14.9 Å². The van der Waals surface area contributed by atoms with E-state index in [4.69, 9.17) is 4.74 Å². The molecule has 0 aliphatic carbocycles. The van der Waals surface area contributed by atoms with Crippen LogP contribution in [0, 0.1) is 10.1 Å². The van der Waals surface area contributed by atoms with Gasteiger partial charge in [0.2, 0.25) is 5.75 Å². The van der Waals surface area contributed by atoms with Crippen LogP contribution >= 0.6 is 15.9 Å². The molecule has 1 amide bonds. The molecule has 7 nitrogen and oxygen atoms in total. The fourth-order valence-electron chi connectivity index (χ4n) is 1.76. The van der Waals surface area contributed by atoms with Gasteiger partial charge in [-0.05, 0) is 19.9 Å². The van der Waals surface area contributed by atoms with Crippen molar-refractivity contribution in [2.45, 2.75) is 26.1 Å². The zero-order chi connectivity index (χ0) is 16.3. The topological polar surface area (TPSA) is 92.9 Å². The second-order valence-corrected chi connectivity index (χ2v) is 5.68. The van der Waals surface area contributed by atoms with Crippen molar-refractivity contribution in [3.05, 3.63) is 32.3 Å². The maximum absolute atomic E-state index is 11.8. The second kappa shape index (κ2) is 6.86. The van der Waals surface area contributed by atoms with Gasteiger partial charge in [0.05, 0.1) is 11.0 Å². The Bertz CT molecular complexity index is 560. The number of aliphatic hydroxyl groups is 1. The van der Waals surface area contributed by atoms with Crippen molar-refractivity contribution >= 4 is 27.5 Å². The molecule has 0 spiro atoms. The quantitative estimate of drug-likeness (QED) is 0.642. The number of nitro benzene ring substituents is 1. The Labute approximate surface area is 130 Å². The minimum atomic E-state index is -0.974. The number of carbonyl (C=O) groups excluding carboxylic acids is 1. The zero-order valence-corrected chi connectivity index (χ0v) is 13.7. The lowest BCUT2D eigenvalue weighted by Gasteiger charge is -2.20. The number of hydrogen-bond acceptors (Lipinski definition) is 5. The van der Waals surface area contributed by atoms with Crippen molar-refractivity contribution < 1.29 is 19.6 Å². The van der Waals surface area contributed by atoms with E-state index in [1.165, 1.54) is 30.9 Å². The van der Waals surface area contributed by atoms with Gasteiger partial charge in [-0.2, -0.15) is 0 Å². The third kappa shape index (κ3) is 4.15. The number of hydrogen-bond donors (Lipinski definition) is 1. The minimum Gasteiger partial charge on any atom is -0.473 e. The number of likely N-dealkylation sites (N-methyl/N-ethyl adjacent to an activating group) is 1. The van der Waals surface area contributed by atoms with E-state index in [1.54, 1.807) is 14.1 Å². The van der Waals surface area contributed by atoms with E-state index in [9.17, 15) is 20.0 Å². The highest BCUT2D eigenvalue weighted by Crippen LogP contribution is 2.38. The molecule has 21 heavy (non-hydrogen) atoms. The first kappa shape index (κ1) is 17.4. The van der Waals surface area contributed by atoms with Gasteiger partial charge in [0.1, 0.15) is 0 Å². The maximum atomic E-state index is 11.8. The van der Waals surface area contributed by atoms with Crippen molar-refractivity contribution in [1.29, 1.82) is 0 Å². The number of rotatable bonds is 5. The molecule has 0 heterocycles. The van der Waals surface area contributed by atoms with E-state index >= 15 is 0 Å². The van der Waals surface area contributed by atoms with Crippen LogP contribution in [-0.2, 0) is 4.79 Å². The SMILES string of the molecule is CC(Oc1c([C@H](C)O)cc(Br)cc1[N+](=O)[O-])C(=O)N(C)C. The molecule has 116 valence electrons. The molecule has 0 radical (unpaired) electrons. The highest BCUT2D eigenvalue weighted by Gasteiger charge is 2.27. The van der Waals surface area contributed by atoms with Crippen LogP contribution < -0.4 is 4.74 Å². The number of nitrogens with zero attached hydrogens (tertiary/aromatic N) is 2. The number of nitro groups is 1. The largest absolute Gasteiger partial charge is 0.473 e. The van der Waals surface area contributed by atoms with Gasteiger partial charge < -0.3 is 14.7 Å². The first-order valence-corrected chi connectivity index (χ1v) is 6.98. The highest BCUT2D eigenvalue weighted by atomic mass is 79.9. The van der Waals surface area contributed by atoms with E-state index in [0.717, 1.165) is 0 Å². The van der Waals surface area contributed by atoms with Gasteiger partial charge in [-0.25, -0.2) is 0 Å². The molecule has 0 bridgehead atoms. The number of amides is 1. The third-order valence-electron chi connectivity index (χ3n) is 2.79. The summed E-state index contributed by atoms with van der Waals surface area (Å²) in [5.74, 6) is -0.426. The molecule has 0 fully saturated rings. The van der Waals surface area contributed by atoms with Gasteiger partial charge in [0.15, 0.2) is 6.10 Å². The summed E-state index contributed by atoms with van der Waals surface area (Å²) in [6, 6.07) is 2.80. The monoisotopic (exact) mass is 360 g/mol. The lowest BCUT2D eigenvalue weighted by atomic mass is 10.1. The Hall–Kier alpha value is -1.67. The fraction of sp³-hybridized carbons (Fsp3) is 0.462. The van der Waals surface area contributed by atoms with Crippen molar-refractivity contribution in [2.24, 2.45) is 0 Å². The van der Waals surface area contributed by atoms with Gasteiger partial charge in [0, 0.05) is 30.2 Å². The predicted octanol–water partition coefficient (Wildman–Crippen LogP) is 2.27. The van der Waals surface area contributed by atoms with Crippen molar-refractivity contribution in [1.82, 2.24) is 4.90 Å². The van der Waals surface area contributed by atoms with Crippen LogP contribution in [0.1, 0.15) is 25.5 Å². The standard InChI is InChI=1S/C13H17BrN2O5/c1-7(17)10-5-9(14)6-11(16(19)20)12(10)21-8(2)13(18)15(3)4/h5-8,17H,1-4H3/t7-,8?/m0/s1. The summed E-state index contributed by atoms with van der Waals surface area (Å²) in [7, 11) is 3.13. The van der Waals surface area contributed by atoms with Gasteiger partial charge >= 0.3 is 5.69 Å². The van der Waals surface area contributed by atoms with E-state index in [2.05, 4.69) is 15.9 Å². The Balaban J connectivity index is 3.32. The van der Waals surface area contributed by atoms with Crippen molar-refractivity contribution in [3.63, 3.8) is 0 Å². The average Bonchev–Trinajstić information content (AvgIpc) is 2.38. The Morgan fingerprint density at radius 2 is 2.00 bits per heavy atom. The summed E-state index contributed by atoms with van der Waals surface area (Å²) in [6.45, 7) is 2.97. The van der Waals surface area contributed by atoms with Crippen LogP contribution in [0.2, 0.25) is 0 Å². The smallest absolute Gasteiger partial charge is 0.312 e. The summed E-state index contributed by atoms with van der Waals surface area (Å²) in [6.07, 6.45) is -1.88. The first-order chi connectivity index (χ1) is 9.65. The average molecular weight is 361 g/mol. The summed E-state index contributed by atoms with van der Waals surface area (Å²) >= 11 is 3.16. The summed E-state index contributed by atoms with van der Waals surface area (Å²) in [4.78, 5) is 23.7. The van der Waals surface area contributed by atoms with Crippen LogP contribution in [0.3, 0.4) is 0 Å². The number of benzene rings is 1. The summed E-state index contributed by atoms with van der Waals surface area (Å²) < 4.78 is 5.91. The van der Waals surface area contributed by atoms with E-state index in [-0.39, 0.29) is 22.9 Å². The number of halogens is 1. The molecule has 0 aliphatic heterocycles. The van der Waals surface area contributed by atoms with Gasteiger partial charge in [0.25, 0.3) is 5.91 Å². The highest BCUT2D eigenvalue weighted by molar-refractivity contribution is 9.10. The summed E-state index contributed by atoms with van der Waals surface area (Å²) in [5, 5.41) is 20.9. The molecule has 0 aromatic heterocycles. The normalized spacial score (nSPS) is 13.4. The fourth-order valence-corrected chi connectivity index (χ4v) is 2.23. The number of ether oxygens (including phenoxy) is 1. The predicted molar refractivity (Wildman–Crippen MR) is 80.2 cm³/mol. The molecule has 0 saturated heterocycles. The Morgan fingerprint density at radius 1 is 1.43 bits per heavy atom. The number of carbonyl (C=O) groups is 1. The lowest BCUT2D eigenvalue weighted by molar-refractivity contribution is -0.386. The minimum absolute atomic E-state index is 0.0964. The van der Waals surface area contributed by atoms with Gasteiger partial charge in [-0.15, -0.1) is 0 Å². The van der Waals surface area contributed by atoms with Gasteiger partial charge in [-0.1, -0.05) is 15.9 Å².